The fraction of sp³-hybridized carbons (Fsp3) is 0.727. The van der Waals surface area contributed by atoms with Crippen LogP contribution < -0.4 is 0 Å². The summed E-state index contributed by atoms with van der Waals surface area (Å²) in [5.74, 6) is 0. The highest BCUT2D eigenvalue weighted by atomic mass is 79.9. The van der Waals surface area contributed by atoms with E-state index < -0.39 is 8.32 Å². The van der Waals surface area contributed by atoms with Gasteiger partial charge in [-0.05, 0) is 18.1 Å². The minimum atomic E-state index is -1.82. The molecule has 0 amide bonds. The third-order valence-electron chi connectivity index (χ3n) is 2.90. The second kappa shape index (κ2) is 5.41. The minimum absolute atomic E-state index is 0.149. The van der Waals surface area contributed by atoms with Crippen molar-refractivity contribution in [3.05, 3.63) is 11.1 Å². The molecule has 88 valence electrons. The van der Waals surface area contributed by atoms with Gasteiger partial charge in [0.2, 0.25) is 0 Å². The molecule has 0 radical (unpaired) electrons. The first-order chi connectivity index (χ1) is 6.62. The first-order valence-corrected chi connectivity index (χ1v) is 8.77. The average Bonchev–Trinajstić information content (AvgIpc) is 2.00. The molecular weight excluding hydrogens is 272 g/mol. The van der Waals surface area contributed by atoms with E-state index in [1.807, 2.05) is 0 Å². The fourth-order valence-electron chi connectivity index (χ4n) is 0.860. The molecule has 0 heterocycles. The topological polar surface area (TPSA) is 26.3 Å². The Labute approximate surface area is 102 Å². The van der Waals surface area contributed by atoms with Crippen molar-refractivity contribution in [1.29, 1.82) is 0 Å². The van der Waals surface area contributed by atoms with Crippen molar-refractivity contribution in [3.63, 3.8) is 0 Å². The van der Waals surface area contributed by atoms with E-state index in [0.29, 0.717) is 6.42 Å². The molecule has 0 N–H and O–H groups in total. The van der Waals surface area contributed by atoms with Crippen molar-refractivity contribution < 1.29 is 9.22 Å². The quantitative estimate of drug-likeness (QED) is 0.568. The Hall–Kier alpha value is 0.0669. The van der Waals surface area contributed by atoms with Gasteiger partial charge < -0.3 is 9.22 Å². The molecule has 0 saturated heterocycles. The number of rotatable bonds is 5. The lowest BCUT2D eigenvalue weighted by molar-refractivity contribution is -0.108. The highest BCUT2D eigenvalue weighted by Crippen LogP contribution is 2.38. The molecule has 2 nitrogen and oxygen atoms in total. The molecule has 0 aromatic carbocycles. The molecule has 1 atom stereocenters. The van der Waals surface area contributed by atoms with E-state index in [1.54, 1.807) is 0 Å². The third kappa shape index (κ3) is 4.62. The molecule has 0 fully saturated rings. The molecule has 4 heteroatoms. The van der Waals surface area contributed by atoms with E-state index in [2.05, 4.69) is 56.4 Å². The zero-order chi connectivity index (χ0) is 12.3. The molecule has 0 aliphatic heterocycles. The average molecular weight is 293 g/mol. The maximum atomic E-state index is 10.5. The molecule has 0 saturated carbocycles. The smallest absolute Gasteiger partial charge is 0.192 e. The van der Waals surface area contributed by atoms with Crippen molar-refractivity contribution >= 4 is 30.5 Å². The molecule has 0 aromatic rings. The number of hydrogen-bond acceptors (Lipinski definition) is 2. The Morgan fingerprint density at radius 2 is 2.00 bits per heavy atom. The van der Waals surface area contributed by atoms with Crippen LogP contribution in [0.3, 0.4) is 0 Å². The third-order valence-corrected chi connectivity index (χ3v) is 7.90. The van der Waals surface area contributed by atoms with Crippen LogP contribution in [0.1, 0.15) is 27.2 Å². The van der Waals surface area contributed by atoms with Crippen molar-refractivity contribution in [2.45, 2.75) is 51.4 Å². The van der Waals surface area contributed by atoms with Crippen LogP contribution in [0.25, 0.3) is 0 Å². The first kappa shape index (κ1) is 15.1. The lowest BCUT2D eigenvalue weighted by Gasteiger charge is -2.38. The molecule has 0 bridgehead atoms. The number of carbonyl (C=O) groups excluding carboxylic acids is 1. The molecule has 0 rings (SSSR count). The van der Waals surface area contributed by atoms with Crippen LogP contribution in [-0.4, -0.2) is 20.7 Å². The standard InChI is InChI=1S/C11H21BrO2Si/c1-9(12)10(7-8-13)14-15(5,6)11(2,3)4/h8,10H,1,7H2,2-6H3/t10-/m0/s1. The summed E-state index contributed by atoms with van der Waals surface area (Å²) in [6, 6.07) is 0. The van der Waals surface area contributed by atoms with E-state index >= 15 is 0 Å². The summed E-state index contributed by atoms with van der Waals surface area (Å²) in [5, 5.41) is 0.149. The van der Waals surface area contributed by atoms with Gasteiger partial charge >= 0.3 is 0 Å². The summed E-state index contributed by atoms with van der Waals surface area (Å²) in [6.45, 7) is 14.7. The molecule has 0 aliphatic carbocycles. The van der Waals surface area contributed by atoms with Crippen molar-refractivity contribution in [2.75, 3.05) is 0 Å². The highest BCUT2D eigenvalue weighted by molar-refractivity contribution is 9.11. The van der Waals surface area contributed by atoms with E-state index in [0.717, 1.165) is 10.8 Å². The molecule has 0 aromatic heterocycles. The Kier molecular flexibility index (Phi) is 5.44. The number of carbonyl (C=O) groups is 1. The summed E-state index contributed by atoms with van der Waals surface area (Å²) < 4.78 is 6.81. The van der Waals surface area contributed by atoms with Gasteiger partial charge in [0.05, 0.1) is 6.10 Å². The predicted molar refractivity (Wildman–Crippen MR) is 70.8 cm³/mol. The van der Waals surface area contributed by atoms with E-state index in [9.17, 15) is 4.79 Å². The van der Waals surface area contributed by atoms with Gasteiger partial charge in [0.1, 0.15) is 6.29 Å². The van der Waals surface area contributed by atoms with Crippen LogP contribution in [0.5, 0.6) is 0 Å². The summed E-state index contributed by atoms with van der Waals surface area (Å²) in [7, 11) is -1.82. The van der Waals surface area contributed by atoms with E-state index in [-0.39, 0.29) is 11.1 Å². The van der Waals surface area contributed by atoms with Crippen molar-refractivity contribution in [2.24, 2.45) is 0 Å². The van der Waals surface area contributed by atoms with Gasteiger partial charge in [-0.1, -0.05) is 43.3 Å². The number of halogens is 1. The molecular formula is C11H21BrO2Si. The van der Waals surface area contributed by atoms with Gasteiger partial charge in [-0.25, -0.2) is 0 Å². The van der Waals surface area contributed by atoms with Gasteiger partial charge in [0, 0.05) is 10.9 Å². The van der Waals surface area contributed by atoms with Crippen LogP contribution in [0, 0.1) is 0 Å². The second-order valence-corrected chi connectivity index (χ2v) is 11.0. The molecule has 0 aliphatic rings. The Balaban J connectivity index is 4.66. The first-order valence-electron chi connectivity index (χ1n) is 5.07. The monoisotopic (exact) mass is 292 g/mol. The summed E-state index contributed by atoms with van der Waals surface area (Å²) >= 11 is 3.31. The maximum Gasteiger partial charge on any atom is 0.192 e. The van der Waals surface area contributed by atoms with Crippen LogP contribution in [-0.2, 0) is 9.22 Å². The van der Waals surface area contributed by atoms with Gasteiger partial charge in [-0.3, -0.25) is 0 Å². The normalized spacial score (nSPS) is 14.8. The van der Waals surface area contributed by atoms with Gasteiger partial charge in [0.25, 0.3) is 0 Å². The molecule has 0 unspecified atom stereocenters. The Bertz CT molecular complexity index is 243. The van der Waals surface area contributed by atoms with Gasteiger partial charge in [-0.15, -0.1) is 0 Å². The van der Waals surface area contributed by atoms with Crippen molar-refractivity contribution in [3.8, 4) is 0 Å². The molecule has 0 spiro atoms. The summed E-state index contributed by atoms with van der Waals surface area (Å²) in [6.07, 6.45) is 1.06. The van der Waals surface area contributed by atoms with Gasteiger partial charge in [0.15, 0.2) is 8.32 Å². The van der Waals surface area contributed by atoms with Crippen LogP contribution in [0.15, 0.2) is 11.1 Å². The predicted octanol–water partition coefficient (Wildman–Crippen LogP) is 3.87. The maximum absolute atomic E-state index is 10.5. The van der Waals surface area contributed by atoms with Crippen LogP contribution in [0.2, 0.25) is 18.1 Å². The number of hydrogen-bond donors (Lipinski definition) is 0. The summed E-state index contributed by atoms with van der Waals surface area (Å²) in [5.41, 5.74) is 0. The van der Waals surface area contributed by atoms with Crippen LogP contribution in [0.4, 0.5) is 0 Å². The zero-order valence-electron chi connectivity index (χ0n) is 10.3. The SMILES string of the molecule is C=C(Br)[C@H](CC=O)O[Si](C)(C)C(C)(C)C. The van der Waals surface area contributed by atoms with E-state index in [4.69, 9.17) is 4.43 Å². The Morgan fingerprint density at radius 1 is 1.53 bits per heavy atom. The Morgan fingerprint density at radius 3 is 2.27 bits per heavy atom. The largest absolute Gasteiger partial charge is 0.409 e. The summed E-state index contributed by atoms with van der Waals surface area (Å²) in [4.78, 5) is 10.5. The number of aldehydes is 1. The van der Waals surface area contributed by atoms with Crippen LogP contribution >= 0.6 is 15.9 Å². The fourth-order valence-corrected chi connectivity index (χ4v) is 2.62. The lowest BCUT2D eigenvalue weighted by Crippen LogP contribution is -2.44. The minimum Gasteiger partial charge on any atom is -0.409 e. The van der Waals surface area contributed by atoms with Crippen molar-refractivity contribution in [1.82, 2.24) is 0 Å². The highest BCUT2D eigenvalue weighted by Gasteiger charge is 2.39. The van der Waals surface area contributed by atoms with E-state index in [1.165, 1.54) is 0 Å². The second-order valence-electron chi connectivity index (χ2n) is 5.22. The lowest BCUT2D eigenvalue weighted by atomic mass is 10.2. The zero-order valence-corrected chi connectivity index (χ0v) is 12.8. The molecule has 15 heavy (non-hydrogen) atoms. The van der Waals surface area contributed by atoms with Gasteiger partial charge in [-0.2, -0.15) is 0 Å².